The van der Waals surface area contributed by atoms with Gasteiger partial charge >= 0.3 is 6.09 Å². The molecule has 1 unspecified atom stereocenters. The fourth-order valence-corrected chi connectivity index (χ4v) is 5.31. The number of fused-ring (bicyclic) bond motifs is 1. The van der Waals surface area contributed by atoms with Crippen molar-refractivity contribution in [2.45, 2.75) is 85.2 Å². The second kappa shape index (κ2) is 13.1. The summed E-state index contributed by atoms with van der Waals surface area (Å²) in [7, 11) is 0. The maximum absolute atomic E-state index is 13.7. The van der Waals surface area contributed by atoms with E-state index in [-0.39, 0.29) is 17.9 Å². The van der Waals surface area contributed by atoms with Crippen molar-refractivity contribution in [1.82, 2.24) is 16.0 Å². The molecule has 3 aromatic rings. The minimum atomic E-state index is -0.869. The van der Waals surface area contributed by atoms with Crippen LogP contribution in [-0.4, -0.2) is 35.6 Å². The van der Waals surface area contributed by atoms with E-state index in [4.69, 9.17) is 4.74 Å². The number of ether oxygens (including phenoxy) is 1. The molecule has 0 saturated heterocycles. The van der Waals surface area contributed by atoms with E-state index >= 15 is 0 Å². The van der Waals surface area contributed by atoms with Crippen LogP contribution in [0.2, 0.25) is 0 Å². The molecule has 39 heavy (non-hydrogen) atoms. The number of nitrogens with zero attached hydrogens (tertiary/aromatic N) is 1. The van der Waals surface area contributed by atoms with Crippen molar-refractivity contribution in [3.05, 3.63) is 64.6 Å². The fourth-order valence-electron chi connectivity index (χ4n) is 4.43. The van der Waals surface area contributed by atoms with Crippen LogP contribution < -0.4 is 20.5 Å². The Bertz CT molecular complexity index is 1290. The highest BCUT2D eigenvalue weighted by atomic mass is 32.1. The lowest BCUT2D eigenvalue weighted by atomic mass is 9.99. The van der Waals surface area contributed by atoms with Crippen molar-refractivity contribution in [2.75, 3.05) is 0 Å². The van der Waals surface area contributed by atoms with Gasteiger partial charge < -0.3 is 20.7 Å². The van der Waals surface area contributed by atoms with Gasteiger partial charge in [-0.1, -0.05) is 67.6 Å². The van der Waals surface area contributed by atoms with Crippen LogP contribution in [0.1, 0.15) is 65.8 Å². The molecule has 0 aliphatic rings. The molecule has 2 aromatic carbocycles. The van der Waals surface area contributed by atoms with E-state index in [9.17, 15) is 14.4 Å². The number of aryl methyl sites for hydroxylation is 1. The van der Waals surface area contributed by atoms with E-state index in [1.807, 2.05) is 81.1 Å². The first-order chi connectivity index (χ1) is 18.4. The van der Waals surface area contributed by atoms with E-state index in [1.165, 1.54) is 0 Å². The first-order valence-electron chi connectivity index (χ1n) is 13.4. The van der Waals surface area contributed by atoms with Gasteiger partial charge in [-0.15, -0.1) is 0 Å². The van der Waals surface area contributed by atoms with Crippen molar-refractivity contribution in [3.8, 4) is 0 Å². The lowest BCUT2D eigenvalue weighted by Crippen LogP contribution is -2.57. The molecule has 0 radical (unpaired) electrons. The Morgan fingerprint density at radius 3 is 2.31 bits per heavy atom. The minimum Gasteiger partial charge on any atom is -0.444 e. The first kappa shape index (κ1) is 30.1. The van der Waals surface area contributed by atoms with Crippen LogP contribution in [0.4, 0.5) is 4.79 Å². The zero-order valence-corrected chi connectivity index (χ0v) is 24.7. The maximum atomic E-state index is 13.7. The van der Waals surface area contributed by atoms with E-state index in [2.05, 4.69) is 20.5 Å². The summed E-state index contributed by atoms with van der Waals surface area (Å²) >= 11 is 1.55. The Morgan fingerprint density at radius 1 is 0.949 bits per heavy atom. The standard InChI is InChI=1S/C30H40N4O4S/c1-8-34-18-39-17-22(34)16-25(32-28(36)26(19(2)3)33-29(37)38-30(5,6)7)27(35)31-20(4)23-15-11-13-21-12-9-10-14-24(21)23/h9-15,17-20,25-26H,8,16H2,1-7H3,(H2-,31,32,33,35,36,37)/p+1/t20?,25-,26-/m0/s1. The average molecular weight is 554 g/mol. The van der Waals surface area contributed by atoms with Crippen LogP contribution >= 0.6 is 11.3 Å². The van der Waals surface area contributed by atoms with Gasteiger partial charge in [0.25, 0.3) is 0 Å². The summed E-state index contributed by atoms with van der Waals surface area (Å²) in [5, 5.41) is 12.9. The summed E-state index contributed by atoms with van der Waals surface area (Å²) in [6, 6.07) is 12.1. The summed E-state index contributed by atoms with van der Waals surface area (Å²) in [5.41, 5.74) is 3.24. The molecule has 0 fully saturated rings. The van der Waals surface area contributed by atoms with Crippen LogP contribution in [0.15, 0.2) is 53.4 Å². The monoisotopic (exact) mass is 553 g/mol. The summed E-state index contributed by atoms with van der Waals surface area (Å²) < 4.78 is 7.42. The molecular weight excluding hydrogens is 512 g/mol. The number of hydrogen-bond acceptors (Lipinski definition) is 5. The molecule has 8 nitrogen and oxygen atoms in total. The molecule has 1 heterocycles. The van der Waals surface area contributed by atoms with E-state index in [0.717, 1.165) is 28.6 Å². The molecule has 0 bridgehead atoms. The topological polar surface area (TPSA) is 100 Å². The summed E-state index contributed by atoms with van der Waals surface area (Å²) in [6.07, 6.45) is -0.363. The van der Waals surface area contributed by atoms with Crippen molar-refractivity contribution in [3.63, 3.8) is 0 Å². The molecule has 3 N–H and O–H groups in total. The Morgan fingerprint density at radius 2 is 1.64 bits per heavy atom. The molecule has 1 aromatic heterocycles. The van der Waals surface area contributed by atoms with Crippen LogP contribution in [0.3, 0.4) is 0 Å². The van der Waals surface area contributed by atoms with Gasteiger partial charge in [-0.2, -0.15) is 4.57 Å². The number of thiazole rings is 1. The third-order valence-electron chi connectivity index (χ3n) is 6.42. The smallest absolute Gasteiger partial charge is 0.408 e. The number of rotatable bonds is 10. The number of carbonyl (C=O) groups is 3. The van der Waals surface area contributed by atoms with Gasteiger partial charge in [-0.25, -0.2) is 4.79 Å². The SMILES string of the molecule is CC[n+]1cscc1C[C@H](NC(=O)[C@@H](NC(=O)OC(C)(C)C)C(C)C)C(=O)NC(C)c1cccc2ccccc12. The van der Waals surface area contributed by atoms with Crippen LogP contribution in [-0.2, 0) is 27.3 Å². The molecule has 3 rings (SSSR count). The highest BCUT2D eigenvalue weighted by Crippen LogP contribution is 2.24. The van der Waals surface area contributed by atoms with E-state index in [0.29, 0.717) is 6.42 Å². The molecule has 0 aliphatic carbocycles. The Kier molecular flexibility index (Phi) is 10.1. The molecule has 3 amide bonds. The van der Waals surface area contributed by atoms with Crippen LogP contribution in [0.5, 0.6) is 0 Å². The number of hydrogen-bond donors (Lipinski definition) is 3. The zero-order valence-electron chi connectivity index (χ0n) is 23.9. The zero-order chi connectivity index (χ0) is 28.7. The summed E-state index contributed by atoms with van der Waals surface area (Å²) in [5.74, 6) is -0.956. The maximum Gasteiger partial charge on any atom is 0.408 e. The van der Waals surface area contributed by atoms with E-state index < -0.39 is 29.7 Å². The van der Waals surface area contributed by atoms with Gasteiger partial charge in [0.2, 0.25) is 17.3 Å². The number of carbonyl (C=O) groups excluding carboxylic acids is 3. The van der Waals surface area contributed by atoms with Gasteiger partial charge in [-0.05, 0) is 56.9 Å². The fraction of sp³-hybridized carbons (Fsp3) is 0.467. The van der Waals surface area contributed by atoms with Crippen molar-refractivity contribution >= 4 is 40.0 Å². The second-order valence-electron chi connectivity index (χ2n) is 11.1. The molecule has 210 valence electrons. The predicted molar refractivity (Wildman–Crippen MR) is 154 cm³/mol. The Balaban J connectivity index is 1.83. The summed E-state index contributed by atoms with van der Waals surface area (Å²) in [6.45, 7) is 13.7. The molecule has 0 spiro atoms. The number of nitrogens with one attached hydrogen (secondary N) is 3. The first-order valence-corrected chi connectivity index (χ1v) is 14.4. The van der Waals surface area contributed by atoms with Crippen molar-refractivity contribution in [2.24, 2.45) is 5.92 Å². The largest absolute Gasteiger partial charge is 0.444 e. The molecular formula is C30H41N4O4S+. The molecule has 3 atom stereocenters. The van der Waals surface area contributed by atoms with Crippen molar-refractivity contribution in [1.29, 1.82) is 0 Å². The van der Waals surface area contributed by atoms with Gasteiger partial charge in [0, 0.05) is 0 Å². The molecule has 0 saturated carbocycles. The van der Waals surface area contributed by atoms with E-state index in [1.54, 1.807) is 32.1 Å². The van der Waals surface area contributed by atoms with Crippen LogP contribution in [0, 0.1) is 5.92 Å². The lowest BCUT2D eigenvalue weighted by Gasteiger charge is -2.27. The number of amides is 3. The number of alkyl carbamates (subject to hydrolysis) is 1. The third-order valence-corrected chi connectivity index (χ3v) is 7.20. The molecule has 0 aliphatic heterocycles. The van der Waals surface area contributed by atoms with Gasteiger partial charge in [0.1, 0.15) is 24.2 Å². The minimum absolute atomic E-state index is 0.224. The van der Waals surface area contributed by atoms with Gasteiger partial charge in [0.05, 0.1) is 17.8 Å². The number of benzene rings is 2. The third kappa shape index (κ3) is 8.26. The normalized spacial score (nSPS) is 13.9. The second-order valence-corrected chi connectivity index (χ2v) is 11.8. The lowest BCUT2D eigenvalue weighted by molar-refractivity contribution is -0.696. The highest BCUT2D eigenvalue weighted by molar-refractivity contribution is 7.07. The summed E-state index contributed by atoms with van der Waals surface area (Å²) in [4.78, 5) is 39.6. The molecule has 9 heteroatoms. The average Bonchev–Trinajstić information content (AvgIpc) is 3.32. The van der Waals surface area contributed by atoms with Crippen molar-refractivity contribution < 1.29 is 23.7 Å². The Hall–Kier alpha value is -3.46. The number of aromatic nitrogens is 1. The van der Waals surface area contributed by atoms with Gasteiger partial charge in [-0.3, -0.25) is 9.59 Å². The highest BCUT2D eigenvalue weighted by Gasteiger charge is 2.32. The Labute approximate surface area is 235 Å². The quantitative estimate of drug-likeness (QED) is 0.318. The van der Waals surface area contributed by atoms with Gasteiger partial charge in [0.15, 0.2) is 5.69 Å². The predicted octanol–water partition coefficient (Wildman–Crippen LogP) is 4.66. The van der Waals surface area contributed by atoms with Crippen LogP contribution in [0.25, 0.3) is 10.8 Å².